The molecule has 0 aliphatic rings. The third kappa shape index (κ3) is 5.16. The molecular formula is C18H15Cl2F2NO3. The van der Waals surface area contributed by atoms with Gasteiger partial charge in [0.25, 0.3) is 0 Å². The number of rotatable bonds is 6. The minimum absolute atomic E-state index is 0.0359. The van der Waals surface area contributed by atoms with Gasteiger partial charge in [0.15, 0.2) is 0 Å². The van der Waals surface area contributed by atoms with Crippen LogP contribution in [0, 0.1) is 11.6 Å². The standard InChI is InChI=1S/C18H15Cl2F2NO3/c1-26-18(25)16(7-10-5-6-11(19)8-13(10)20)23-17(24)9-12-14(21)3-2-4-15(12)22/h2-6,8,16H,7,9H2,1H3,(H,23,24)/t16-/m1/s1. The van der Waals surface area contributed by atoms with E-state index in [2.05, 4.69) is 10.1 Å². The van der Waals surface area contributed by atoms with Crippen LogP contribution in [0.1, 0.15) is 11.1 Å². The summed E-state index contributed by atoms with van der Waals surface area (Å²) >= 11 is 11.9. The zero-order chi connectivity index (χ0) is 19.3. The van der Waals surface area contributed by atoms with Gasteiger partial charge in [-0.3, -0.25) is 4.79 Å². The van der Waals surface area contributed by atoms with Crippen molar-refractivity contribution in [2.24, 2.45) is 0 Å². The summed E-state index contributed by atoms with van der Waals surface area (Å²) in [6.07, 6.45) is -0.519. The molecule has 2 aromatic rings. The first-order valence-electron chi connectivity index (χ1n) is 7.55. The van der Waals surface area contributed by atoms with Crippen molar-refractivity contribution in [3.63, 3.8) is 0 Å². The summed E-state index contributed by atoms with van der Waals surface area (Å²) in [5.41, 5.74) is 0.182. The molecule has 26 heavy (non-hydrogen) atoms. The normalized spacial score (nSPS) is 11.7. The summed E-state index contributed by atoms with van der Waals surface area (Å²) < 4.78 is 32.0. The van der Waals surface area contributed by atoms with Gasteiger partial charge in [-0.15, -0.1) is 0 Å². The molecule has 0 unspecified atom stereocenters. The van der Waals surface area contributed by atoms with Gasteiger partial charge in [0.05, 0.1) is 13.5 Å². The number of carbonyl (C=O) groups is 2. The van der Waals surface area contributed by atoms with E-state index in [-0.39, 0.29) is 12.0 Å². The van der Waals surface area contributed by atoms with Crippen LogP contribution in [-0.2, 0) is 27.2 Å². The fourth-order valence-electron chi connectivity index (χ4n) is 2.35. The molecule has 1 atom stereocenters. The smallest absolute Gasteiger partial charge is 0.328 e. The summed E-state index contributed by atoms with van der Waals surface area (Å²) in [5.74, 6) is -3.11. The highest BCUT2D eigenvalue weighted by Crippen LogP contribution is 2.22. The second-order valence-corrected chi connectivity index (χ2v) is 6.30. The molecule has 0 heterocycles. The summed E-state index contributed by atoms with van der Waals surface area (Å²) in [6.45, 7) is 0. The first kappa shape index (κ1) is 20.1. The van der Waals surface area contributed by atoms with Crippen molar-refractivity contribution in [3.05, 3.63) is 69.2 Å². The van der Waals surface area contributed by atoms with E-state index in [9.17, 15) is 18.4 Å². The van der Waals surface area contributed by atoms with Gasteiger partial charge in [0.2, 0.25) is 5.91 Å². The Morgan fingerprint density at radius 1 is 1.15 bits per heavy atom. The molecule has 0 saturated heterocycles. The predicted octanol–water partition coefficient (Wildman–Crippen LogP) is 3.71. The Morgan fingerprint density at radius 3 is 2.38 bits per heavy atom. The SMILES string of the molecule is COC(=O)[C@@H](Cc1ccc(Cl)cc1Cl)NC(=O)Cc1c(F)cccc1F. The molecule has 0 aromatic heterocycles. The maximum atomic E-state index is 13.7. The Morgan fingerprint density at radius 2 is 1.81 bits per heavy atom. The quantitative estimate of drug-likeness (QED) is 0.750. The van der Waals surface area contributed by atoms with Crippen LogP contribution in [0.3, 0.4) is 0 Å². The van der Waals surface area contributed by atoms with E-state index < -0.39 is 36.0 Å². The number of carbonyl (C=O) groups excluding carboxylic acids is 2. The molecule has 138 valence electrons. The number of nitrogens with one attached hydrogen (secondary N) is 1. The lowest BCUT2D eigenvalue weighted by Gasteiger charge is -2.17. The van der Waals surface area contributed by atoms with Gasteiger partial charge in [-0.1, -0.05) is 35.3 Å². The molecule has 0 aliphatic carbocycles. The number of hydrogen-bond donors (Lipinski definition) is 1. The molecule has 0 radical (unpaired) electrons. The van der Waals surface area contributed by atoms with Gasteiger partial charge >= 0.3 is 5.97 Å². The van der Waals surface area contributed by atoms with Gasteiger partial charge in [-0.2, -0.15) is 0 Å². The first-order valence-corrected chi connectivity index (χ1v) is 8.31. The minimum atomic E-state index is -1.07. The van der Waals surface area contributed by atoms with Crippen LogP contribution in [0.2, 0.25) is 10.0 Å². The molecule has 1 amide bonds. The number of halogens is 4. The fraction of sp³-hybridized carbons (Fsp3) is 0.222. The second kappa shape index (κ2) is 8.96. The van der Waals surface area contributed by atoms with Crippen LogP contribution in [-0.4, -0.2) is 25.0 Å². The number of methoxy groups -OCH3 is 1. The Labute approximate surface area is 159 Å². The highest BCUT2D eigenvalue weighted by molar-refractivity contribution is 6.35. The Hall–Kier alpha value is -2.18. The van der Waals surface area contributed by atoms with Crippen molar-refractivity contribution in [1.29, 1.82) is 0 Å². The lowest BCUT2D eigenvalue weighted by atomic mass is 10.0. The van der Waals surface area contributed by atoms with E-state index in [0.29, 0.717) is 15.6 Å². The molecule has 0 fully saturated rings. The van der Waals surface area contributed by atoms with Crippen molar-refractivity contribution in [3.8, 4) is 0 Å². The lowest BCUT2D eigenvalue weighted by Crippen LogP contribution is -2.43. The number of hydrogen-bond acceptors (Lipinski definition) is 3. The summed E-state index contributed by atoms with van der Waals surface area (Å²) in [5, 5.41) is 3.17. The summed E-state index contributed by atoms with van der Waals surface area (Å²) in [6, 6.07) is 6.95. The molecule has 0 saturated carbocycles. The first-order chi connectivity index (χ1) is 12.3. The summed E-state index contributed by atoms with van der Waals surface area (Å²) in [4.78, 5) is 24.1. The van der Waals surface area contributed by atoms with Gasteiger partial charge < -0.3 is 10.1 Å². The maximum Gasteiger partial charge on any atom is 0.328 e. The number of esters is 1. The third-order valence-electron chi connectivity index (χ3n) is 3.66. The molecular weight excluding hydrogens is 387 g/mol. The van der Waals surface area contributed by atoms with E-state index in [1.165, 1.54) is 19.2 Å². The Kier molecular flexibility index (Phi) is 6.94. The van der Waals surface area contributed by atoms with Gasteiger partial charge in [-0.25, -0.2) is 13.6 Å². The van der Waals surface area contributed by atoms with Crippen molar-refractivity contribution in [1.82, 2.24) is 5.32 Å². The van der Waals surface area contributed by atoms with E-state index in [1.807, 2.05) is 0 Å². The molecule has 8 heteroatoms. The van der Waals surface area contributed by atoms with Crippen LogP contribution in [0.15, 0.2) is 36.4 Å². The number of ether oxygens (including phenoxy) is 1. The number of amides is 1. The molecule has 0 spiro atoms. The number of benzene rings is 2. The van der Waals surface area contributed by atoms with Crippen molar-refractivity contribution < 1.29 is 23.1 Å². The van der Waals surface area contributed by atoms with Crippen LogP contribution in [0.25, 0.3) is 0 Å². The molecule has 0 bridgehead atoms. The summed E-state index contributed by atoms with van der Waals surface area (Å²) in [7, 11) is 1.17. The molecule has 1 N–H and O–H groups in total. The van der Waals surface area contributed by atoms with E-state index in [4.69, 9.17) is 23.2 Å². The van der Waals surface area contributed by atoms with Crippen molar-refractivity contribution in [2.75, 3.05) is 7.11 Å². The molecule has 0 aliphatic heterocycles. The van der Waals surface area contributed by atoms with E-state index >= 15 is 0 Å². The van der Waals surface area contributed by atoms with Gasteiger partial charge in [-0.05, 0) is 29.8 Å². The van der Waals surface area contributed by atoms with Crippen LogP contribution < -0.4 is 5.32 Å². The lowest BCUT2D eigenvalue weighted by molar-refractivity contribution is -0.145. The van der Waals surface area contributed by atoms with Gasteiger partial charge in [0, 0.05) is 22.0 Å². The Bertz CT molecular complexity index is 810. The molecule has 4 nitrogen and oxygen atoms in total. The minimum Gasteiger partial charge on any atom is -0.467 e. The highest BCUT2D eigenvalue weighted by Gasteiger charge is 2.24. The van der Waals surface area contributed by atoms with Crippen LogP contribution in [0.4, 0.5) is 8.78 Å². The average molecular weight is 402 g/mol. The Balaban J connectivity index is 2.14. The largest absolute Gasteiger partial charge is 0.467 e. The maximum absolute atomic E-state index is 13.7. The zero-order valence-electron chi connectivity index (χ0n) is 13.7. The average Bonchev–Trinajstić information content (AvgIpc) is 2.59. The van der Waals surface area contributed by atoms with Crippen LogP contribution in [0.5, 0.6) is 0 Å². The monoisotopic (exact) mass is 401 g/mol. The van der Waals surface area contributed by atoms with E-state index in [1.54, 1.807) is 12.1 Å². The zero-order valence-corrected chi connectivity index (χ0v) is 15.2. The van der Waals surface area contributed by atoms with E-state index in [0.717, 1.165) is 12.1 Å². The van der Waals surface area contributed by atoms with Crippen molar-refractivity contribution >= 4 is 35.1 Å². The van der Waals surface area contributed by atoms with Crippen LogP contribution >= 0.6 is 23.2 Å². The van der Waals surface area contributed by atoms with Gasteiger partial charge in [0.1, 0.15) is 17.7 Å². The molecule has 2 aromatic carbocycles. The second-order valence-electron chi connectivity index (χ2n) is 5.46. The highest BCUT2D eigenvalue weighted by atomic mass is 35.5. The predicted molar refractivity (Wildman–Crippen MR) is 94.2 cm³/mol. The topological polar surface area (TPSA) is 55.4 Å². The molecule has 2 rings (SSSR count). The fourth-order valence-corrected chi connectivity index (χ4v) is 2.84. The third-order valence-corrected chi connectivity index (χ3v) is 4.25. The van der Waals surface area contributed by atoms with Crippen molar-refractivity contribution in [2.45, 2.75) is 18.9 Å².